The highest BCUT2D eigenvalue weighted by Gasteiger charge is 2.22. The van der Waals surface area contributed by atoms with Crippen LogP contribution >= 0.6 is 11.3 Å². The maximum atomic E-state index is 10.8. The number of carboxylic acids is 1. The van der Waals surface area contributed by atoms with Gasteiger partial charge in [-0.2, -0.15) is 0 Å². The van der Waals surface area contributed by atoms with E-state index in [4.69, 9.17) is 5.11 Å². The first-order valence-electron chi connectivity index (χ1n) is 5.41. The van der Waals surface area contributed by atoms with Crippen LogP contribution in [-0.2, 0) is 16.6 Å². The summed E-state index contributed by atoms with van der Waals surface area (Å²) in [4.78, 5) is 16.4. The zero-order chi connectivity index (χ0) is 12.5. The number of aromatic nitrogens is 1. The quantitative estimate of drug-likeness (QED) is 0.885. The number of hydrogen-bond donors (Lipinski definition) is 1. The molecule has 0 aliphatic carbocycles. The molecule has 1 heterocycles. The maximum absolute atomic E-state index is 10.8. The van der Waals surface area contributed by atoms with Gasteiger partial charge in [-0.15, -0.1) is 11.3 Å². The minimum absolute atomic E-state index is 0.0418. The molecular formula is C12H19NO2S. The van der Waals surface area contributed by atoms with Crippen LogP contribution in [0.4, 0.5) is 0 Å². The van der Waals surface area contributed by atoms with E-state index >= 15 is 0 Å². The number of thiazole rings is 1. The number of carbonyl (C=O) groups is 1. The average Bonchev–Trinajstić information content (AvgIpc) is 2.47. The number of aryl methyl sites for hydroxylation is 1. The van der Waals surface area contributed by atoms with Gasteiger partial charge < -0.3 is 5.11 Å². The Bertz CT molecular complexity index is 390. The van der Waals surface area contributed by atoms with Crippen LogP contribution in [0.5, 0.6) is 0 Å². The smallest absolute Gasteiger partial charge is 0.306 e. The Morgan fingerprint density at radius 2 is 2.06 bits per heavy atom. The summed E-state index contributed by atoms with van der Waals surface area (Å²) < 4.78 is 0. The van der Waals surface area contributed by atoms with Crippen molar-refractivity contribution in [2.45, 2.75) is 46.5 Å². The molecule has 0 aliphatic rings. The lowest BCUT2D eigenvalue weighted by Gasteiger charge is -2.13. The van der Waals surface area contributed by atoms with E-state index in [1.165, 1.54) is 0 Å². The molecule has 0 aliphatic heterocycles. The summed E-state index contributed by atoms with van der Waals surface area (Å²) in [5, 5.41) is 9.97. The van der Waals surface area contributed by atoms with E-state index in [0.29, 0.717) is 6.42 Å². The molecule has 0 radical (unpaired) electrons. The van der Waals surface area contributed by atoms with Crippen LogP contribution in [0.15, 0.2) is 0 Å². The molecule has 1 N–H and O–H groups in total. The summed E-state index contributed by atoms with van der Waals surface area (Å²) in [6.07, 6.45) is 0.578. The van der Waals surface area contributed by atoms with Crippen molar-refractivity contribution < 1.29 is 9.90 Å². The molecule has 0 bridgehead atoms. The third-order valence-corrected chi connectivity index (χ3v) is 4.05. The Morgan fingerprint density at radius 3 is 2.44 bits per heavy atom. The van der Waals surface area contributed by atoms with Crippen molar-refractivity contribution in [3.05, 3.63) is 15.6 Å². The van der Waals surface area contributed by atoms with Crippen LogP contribution in [-0.4, -0.2) is 16.1 Å². The van der Waals surface area contributed by atoms with E-state index in [9.17, 15) is 4.79 Å². The topological polar surface area (TPSA) is 50.2 Å². The molecule has 90 valence electrons. The fourth-order valence-electron chi connectivity index (χ4n) is 1.30. The van der Waals surface area contributed by atoms with Gasteiger partial charge >= 0.3 is 5.97 Å². The van der Waals surface area contributed by atoms with Crippen molar-refractivity contribution in [2.75, 3.05) is 0 Å². The zero-order valence-electron chi connectivity index (χ0n) is 10.5. The molecule has 1 aromatic rings. The Balaban J connectivity index is 2.91. The fourth-order valence-corrected chi connectivity index (χ4v) is 2.55. The summed E-state index contributed by atoms with van der Waals surface area (Å²) in [7, 11) is 0. The summed E-state index contributed by atoms with van der Waals surface area (Å²) >= 11 is 1.64. The van der Waals surface area contributed by atoms with E-state index < -0.39 is 5.97 Å². The first-order valence-corrected chi connectivity index (χ1v) is 6.23. The summed E-state index contributed by atoms with van der Waals surface area (Å²) in [5.74, 6) is -1.09. The highest BCUT2D eigenvalue weighted by atomic mass is 32.1. The van der Waals surface area contributed by atoms with Crippen LogP contribution in [0.2, 0.25) is 0 Å². The molecule has 0 spiro atoms. The van der Waals surface area contributed by atoms with Gasteiger partial charge in [0, 0.05) is 10.3 Å². The van der Waals surface area contributed by atoms with Crippen LogP contribution in [0, 0.1) is 12.8 Å². The molecule has 3 nitrogen and oxygen atoms in total. The average molecular weight is 241 g/mol. The van der Waals surface area contributed by atoms with Crippen molar-refractivity contribution in [1.82, 2.24) is 4.98 Å². The van der Waals surface area contributed by atoms with Crippen LogP contribution < -0.4 is 0 Å². The minimum atomic E-state index is -0.745. The lowest BCUT2D eigenvalue weighted by Crippen LogP contribution is -2.12. The van der Waals surface area contributed by atoms with Crippen molar-refractivity contribution >= 4 is 17.3 Å². The van der Waals surface area contributed by atoms with E-state index in [1.54, 1.807) is 18.3 Å². The van der Waals surface area contributed by atoms with Crippen LogP contribution in [0.3, 0.4) is 0 Å². The van der Waals surface area contributed by atoms with Gasteiger partial charge in [-0.1, -0.05) is 27.7 Å². The molecule has 0 saturated heterocycles. The van der Waals surface area contributed by atoms with Crippen molar-refractivity contribution in [3.63, 3.8) is 0 Å². The molecule has 1 unspecified atom stereocenters. The predicted octanol–water partition coefficient (Wildman–Crippen LogP) is 3.01. The minimum Gasteiger partial charge on any atom is -0.481 e. The standard InChI is InChI=1S/C12H19NO2S/c1-7(10(14)15)6-9-8(2)13-11(16-9)12(3,4)5/h7H,6H2,1-5H3,(H,14,15). The number of rotatable bonds is 3. The van der Waals surface area contributed by atoms with Gasteiger partial charge in [0.2, 0.25) is 0 Å². The highest BCUT2D eigenvalue weighted by Crippen LogP contribution is 2.30. The number of hydrogen-bond acceptors (Lipinski definition) is 3. The SMILES string of the molecule is Cc1nc(C(C)(C)C)sc1CC(C)C(=O)O. The molecule has 1 rings (SSSR count). The number of nitrogens with zero attached hydrogens (tertiary/aromatic N) is 1. The van der Waals surface area contributed by atoms with Gasteiger partial charge in [-0.05, 0) is 13.3 Å². The zero-order valence-corrected chi connectivity index (χ0v) is 11.3. The second-order valence-corrected chi connectivity index (χ2v) is 6.30. The lowest BCUT2D eigenvalue weighted by molar-refractivity contribution is -0.141. The summed E-state index contributed by atoms with van der Waals surface area (Å²) in [6, 6.07) is 0. The first-order chi connectivity index (χ1) is 7.21. The molecule has 0 fully saturated rings. The largest absolute Gasteiger partial charge is 0.481 e. The predicted molar refractivity (Wildman–Crippen MR) is 66.1 cm³/mol. The summed E-state index contributed by atoms with van der Waals surface area (Å²) in [5.41, 5.74) is 1.02. The molecule has 16 heavy (non-hydrogen) atoms. The Labute approximate surface area is 101 Å². The highest BCUT2D eigenvalue weighted by molar-refractivity contribution is 7.11. The monoisotopic (exact) mass is 241 g/mol. The van der Waals surface area contributed by atoms with Crippen LogP contribution in [0.1, 0.15) is 43.3 Å². The Morgan fingerprint density at radius 1 is 1.50 bits per heavy atom. The van der Waals surface area contributed by atoms with Gasteiger partial charge in [-0.3, -0.25) is 4.79 Å². The maximum Gasteiger partial charge on any atom is 0.306 e. The Kier molecular flexibility index (Phi) is 3.73. The van der Waals surface area contributed by atoms with Crippen LogP contribution in [0.25, 0.3) is 0 Å². The van der Waals surface area contributed by atoms with E-state index in [-0.39, 0.29) is 11.3 Å². The first kappa shape index (κ1) is 13.2. The molecule has 0 amide bonds. The van der Waals surface area contributed by atoms with Crippen molar-refractivity contribution in [2.24, 2.45) is 5.92 Å². The molecule has 0 saturated carbocycles. The number of carboxylic acid groups (broad SMARTS) is 1. The van der Waals surface area contributed by atoms with Gasteiger partial charge in [0.25, 0.3) is 0 Å². The third kappa shape index (κ3) is 3.04. The molecule has 0 aromatic carbocycles. The van der Waals surface area contributed by atoms with E-state index in [1.807, 2.05) is 6.92 Å². The lowest BCUT2D eigenvalue weighted by atomic mass is 9.98. The van der Waals surface area contributed by atoms with Gasteiger partial charge in [0.1, 0.15) is 0 Å². The van der Waals surface area contributed by atoms with Gasteiger partial charge in [0.15, 0.2) is 0 Å². The normalized spacial score (nSPS) is 13.8. The Hall–Kier alpha value is -0.900. The van der Waals surface area contributed by atoms with Crippen molar-refractivity contribution in [1.29, 1.82) is 0 Å². The van der Waals surface area contributed by atoms with Crippen molar-refractivity contribution in [3.8, 4) is 0 Å². The molecular weight excluding hydrogens is 222 g/mol. The molecule has 1 aromatic heterocycles. The molecule has 1 atom stereocenters. The summed E-state index contributed by atoms with van der Waals surface area (Å²) in [6.45, 7) is 10.1. The second-order valence-electron chi connectivity index (χ2n) is 5.22. The second kappa shape index (κ2) is 4.53. The van der Waals surface area contributed by atoms with Gasteiger partial charge in [-0.25, -0.2) is 4.98 Å². The van der Waals surface area contributed by atoms with Gasteiger partial charge in [0.05, 0.1) is 16.6 Å². The molecule has 4 heteroatoms. The van der Waals surface area contributed by atoms with E-state index in [2.05, 4.69) is 25.8 Å². The third-order valence-electron chi connectivity index (χ3n) is 2.45. The number of aliphatic carboxylic acids is 1. The van der Waals surface area contributed by atoms with E-state index in [0.717, 1.165) is 15.6 Å². The fraction of sp³-hybridized carbons (Fsp3) is 0.667.